The fourth-order valence-electron chi connectivity index (χ4n) is 4.82. The Kier molecular flexibility index (Phi) is 6.18. The van der Waals surface area contributed by atoms with Crippen LogP contribution in [0.2, 0.25) is 0 Å². The van der Waals surface area contributed by atoms with Crippen LogP contribution in [-0.4, -0.2) is 5.11 Å². The number of furan rings is 1. The van der Waals surface area contributed by atoms with E-state index in [1.165, 1.54) is 48.8 Å². The minimum Gasteiger partial charge on any atom is -0.507 e. The van der Waals surface area contributed by atoms with Crippen LogP contribution in [0.3, 0.4) is 0 Å². The number of phenols is 1. The molecule has 0 saturated heterocycles. The van der Waals surface area contributed by atoms with Crippen LogP contribution in [0.1, 0.15) is 102 Å². The maximum atomic E-state index is 11.3. The molecule has 1 aliphatic heterocycles. The van der Waals surface area contributed by atoms with Crippen LogP contribution in [0, 0.1) is 0 Å². The first-order valence-corrected chi connectivity index (χ1v) is 12.5. The van der Waals surface area contributed by atoms with Gasteiger partial charge in [0.1, 0.15) is 17.1 Å². The highest BCUT2D eigenvalue weighted by molar-refractivity contribution is 5.87. The van der Waals surface area contributed by atoms with Gasteiger partial charge in [0.2, 0.25) is 0 Å². The van der Waals surface area contributed by atoms with Gasteiger partial charge in [-0.05, 0) is 77.0 Å². The number of phenolic OH excluding ortho intramolecular Hbond substituents is 1. The summed E-state index contributed by atoms with van der Waals surface area (Å²) >= 11 is 0. The Balaban J connectivity index is 1.94. The fraction of sp³-hybridized carbons (Fsp3) is 0.533. The second-order valence-electron chi connectivity index (χ2n) is 11.8. The highest BCUT2D eigenvalue weighted by atomic mass is 16.3. The van der Waals surface area contributed by atoms with Crippen LogP contribution in [0.15, 0.2) is 34.7 Å². The fourth-order valence-corrected chi connectivity index (χ4v) is 4.82. The van der Waals surface area contributed by atoms with E-state index in [0.717, 1.165) is 47.1 Å². The van der Waals surface area contributed by atoms with Gasteiger partial charge in [-0.3, -0.25) is 0 Å². The van der Waals surface area contributed by atoms with E-state index in [2.05, 4.69) is 71.9 Å². The molecule has 0 saturated carbocycles. The maximum Gasteiger partial charge on any atom is 0.139 e. The SMILES string of the molecule is CC(C)(C)c1cc2c(O)c(c1)-c1cc3cc(C(C)(C)C)cc(c3o1)CCCCCCCC2. The molecule has 4 bridgehead atoms. The zero-order valence-corrected chi connectivity index (χ0v) is 20.9. The number of aryl methyl sites for hydroxylation is 2. The Labute approximate surface area is 194 Å². The van der Waals surface area contributed by atoms with Crippen LogP contribution >= 0.6 is 0 Å². The lowest BCUT2D eigenvalue weighted by Gasteiger charge is -2.22. The van der Waals surface area contributed by atoms with Crippen molar-refractivity contribution in [3.63, 3.8) is 0 Å². The van der Waals surface area contributed by atoms with Crippen molar-refractivity contribution in [2.24, 2.45) is 0 Å². The molecule has 172 valence electrons. The Bertz CT molecular complexity index is 1100. The molecule has 0 fully saturated rings. The summed E-state index contributed by atoms with van der Waals surface area (Å²) in [5.74, 6) is 1.18. The zero-order valence-electron chi connectivity index (χ0n) is 20.9. The number of aromatic hydroxyl groups is 1. The lowest BCUT2D eigenvalue weighted by molar-refractivity contribution is 0.464. The monoisotopic (exact) mass is 432 g/mol. The van der Waals surface area contributed by atoms with Crippen molar-refractivity contribution in [3.8, 4) is 17.1 Å². The van der Waals surface area contributed by atoms with Crippen molar-refractivity contribution in [3.05, 3.63) is 52.6 Å². The van der Waals surface area contributed by atoms with Gasteiger partial charge in [-0.2, -0.15) is 0 Å². The largest absolute Gasteiger partial charge is 0.507 e. The van der Waals surface area contributed by atoms with Crippen molar-refractivity contribution in [1.29, 1.82) is 0 Å². The predicted molar refractivity (Wildman–Crippen MR) is 136 cm³/mol. The van der Waals surface area contributed by atoms with E-state index in [0.29, 0.717) is 5.75 Å². The first-order valence-electron chi connectivity index (χ1n) is 12.5. The molecule has 2 aromatic carbocycles. The minimum absolute atomic E-state index is 0.0106. The predicted octanol–water partition coefficient (Wildman–Crippen LogP) is 8.84. The molecule has 0 atom stereocenters. The molecule has 32 heavy (non-hydrogen) atoms. The lowest BCUT2D eigenvalue weighted by Crippen LogP contribution is -2.12. The molecule has 2 heteroatoms. The molecule has 1 N–H and O–H groups in total. The van der Waals surface area contributed by atoms with Gasteiger partial charge in [-0.25, -0.2) is 0 Å². The van der Waals surface area contributed by atoms with Crippen molar-refractivity contribution in [1.82, 2.24) is 0 Å². The highest BCUT2D eigenvalue weighted by Gasteiger charge is 2.23. The van der Waals surface area contributed by atoms with Crippen molar-refractivity contribution in [2.75, 3.05) is 0 Å². The summed E-state index contributed by atoms with van der Waals surface area (Å²) in [5.41, 5.74) is 6.88. The Morgan fingerprint density at radius 2 is 1.19 bits per heavy atom. The van der Waals surface area contributed by atoms with Gasteiger partial charge < -0.3 is 9.52 Å². The van der Waals surface area contributed by atoms with Crippen LogP contribution in [0.4, 0.5) is 0 Å². The van der Waals surface area contributed by atoms with E-state index in [4.69, 9.17) is 4.42 Å². The topological polar surface area (TPSA) is 33.4 Å². The molecule has 0 aliphatic carbocycles. The molecule has 0 spiro atoms. The van der Waals surface area contributed by atoms with Crippen LogP contribution < -0.4 is 0 Å². The number of rotatable bonds is 0. The summed E-state index contributed by atoms with van der Waals surface area (Å²) in [4.78, 5) is 0. The number of fused-ring (bicyclic) bond motifs is 4. The number of hydrogen-bond acceptors (Lipinski definition) is 2. The summed E-state index contributed by atoms with van der Waals surface area (Å²) in [6.07, 6.45) is 9.34. The first-order chi connectivity index (χ1) is 15.0. The van der Waals surface area contributed by atoms with E-state index in [-0.39, 0.29) is 10.8 Å². The standard InChI is InChI=1S/C30H40O2/c1-29(2,3)23-16-21-14-12-10-8-7-9-11-13-20-15-24(30(4,5)6)19-25(27(20)31)26-18-22(17-23)28(21)32-26/h15-19,31H,7-14H2,1-6H3. The summed E-state index contributed by atoms with van der Waals surface area (Å²) in [6.45, 7) is 13.5. The lowest BCUT2D eigenvalue weighted by atomic mass is 9.83. The van der Waals surface area contributed by atoms with E-state index < -0.39 is 0 Å². The van der Waals surface area contributed by atoms with Gasteiger partial charge in [-0.1, -0.05) is 79.4 Å². The van der Waals surface area contributed by atoms with Crippen LogP contribution in [0.5, 0.6) is 5.75 Å². The van der Waals surface area contributed by atoms with Crippen LogP contribution in [-0.2, 0) is 23.7 Å². The molecule has 3 aromatic rings. The minimum atomic E-state index is 0.0106. The molecule has 1 aliphatic rings. The van der Waals surface area contributed by atoms with Gasteiger partial charge in [-0.15, -0.1) is 0 Å². The third kappa shape index (κ3) is 4.75. The van der Waals surface area contributed by atoms with E-state index in [1.54, 1.807) is 0 Å². The summed E-state index contributed by atoms with van der Waals surface area (Å²) in [7, 11) is 0. The van der Waals surface area contributed by atoms with Gasteiger partial charge in [0, 0.05) is 5.39 Å². The van der Waals surface area contributed by atoms with E-state index >= 15 is 0 Å². The first kappa shape index (κ1) is 23.0. The highest BCUT2D eigenvalue weighted by Crippen LogP contribution is 2.41. The number of benzene rings is 2. The normalized spacial score (nSPS) is 16.2. The van der Waals surface area contributed by atoms with Gasteiger partial charge >= 0.3 is 0 Å². The van der Waals surface area contributed by atoms with Crippen molar-refractivity contribution in [2.45, 2.75) is 104 Å². The Morgan fingerprint density at radius 1 is 0.656 bits per heavy atom. The molecule has 0 amide bonds. The molecular weight excluding hydrogens is 392 g/mol. The smallest absolute Gasteiger partial charge is 0.139 e. The third-order valence-corrected chi connectivity index (χ3v) is 7.02. The molecule has 4 rings (SSSR count). The molecule has 2 heterocycles. The molecule has 0 radical (unpaired) electrons. The van der Waals surface area contributed by atoms with Gasteiger partial charge in [0.15, 0.2) is 0 Å². The third-order valence-electron chi connectivity index (χ3n) is 7.02. The average molecular weight is 433 g/mol. The zero-order chi connectivity index (χ0) is 23.1. The van der Waals surface area contributed by atoms with Crippen LogP contribution in [0.25, 0.3) is 22.3 Å². The Morgan fingerprint density at radius 3 is 1.81 bits per heavy atom. The van der Waals surface area contributed by atoms with Gasteiger partial charge in [0.05, 0.1) is 5.56 Å². The quantitative estimate of drug-likeness (QED) is 0.385. The second kappa shape index (κ2) is 8.61. The maximum absolute atomic E-state index is 11.3. The second-order valence-corrected chi connectivity index (χ2v) is 11.8. The summed E-state index contributed by atoms with van der Waals surface area (Å²) < 4.78 is 6.52. The molecule has 0 unspecified atom stereocenters. The Hall–Kier alpha value is -2.22. The van der Waals surface area contributed by atoms with Crippen molar-refractivity contribution >= 4 is 11.0 Å². The van der Waals surface area contributed by atoms with E-state index in [9.17, 15) is 5.11 Å². The van der Waals surface area contributed by atoms with E-state index in [1.807, 2.05) is 0 Å². The molecule has 2 nitrogen and oxygen atoms in total. The summed E-state index contributed by atoms with van der Waals surface area (Å²) in [5, 5.41) is 12.4. The number of hydrogen-bond donors (Lipinski definition) is 1. The van der Waals surface area contributed by atoms with Crippen molar-refractivity contribution < 1.29 is 9.52 Å². The van der Waals surface area contributed by atoms with Gasteiger partial charge in [0.25, 0.3) is 0 Å². The molecule has 1 aromatic heterocycles. The molecular formula is C30H40O2. The summed E-state index contributed by atoms with van der Waals surface area (Å²) in [6, 6.07) is 11.1. The average Bonchev–Trinajstić information content (AvgIpc) is 3.12.